The first-order valence-corrected chi connectivity index (χ1v) is 4.21. The van der Waals surface area contributed by atoms with Crippen LogP contribution in [0.3, 0.4) is 0 Å². The Balaban J connectivity index is 2.51. The Kier molecular flexibility index (Phi) is 2.05. The van der Waals surface area contributed by atoms with Crippen molar-refractivity contribution in [2.75, 3.05) is 7.11 Å². The lowest BCUT2D eigenvalue weighted by atomic mass is 9.98. The predicted octanol–water partition coefficient (Wildman–Crippen LogP) is 0.585. The lowest BCUT2D eigenvalue weighted by molar-refractivity contribution is 0.0424. The zero-order chi connectivity index (χ0) is 10.1. The summed E-state index contributed by atoms with van der Waals surface area (Å²) in [7, 11) is 1.39. The van der Waals surface area contributed by atoms with Gasteiger partial charge < -0.3 is 10.1 Å². The maximum absolute atomic E-state index is 11.7. The van der Waals surface area contributed by atoms with Crippen molar-refractivity contribution in [3.8, 4) is 0 Å². The molecule has 4 nitrogen and oxygen atoms in total. The molecule has 0 aromatic heterocycles. The van der Waals surface area contributed by atoms with Gasteiger partial charge in [0, 0.05) is 12.7 Å². The van der Waals surface area contributed by atoms with Crippen LogP contribution in [0, 0.1) is 0 Å². The van der Waals surface area contributed by atoms with Gasteiger partial charge in [0.05, 0.1) is 5.56 Å². The Morgan fingerprint density at radius 2 is 1.86 bits per heavy atom. The van der Waals surface area contributed by atoms with Crippen molar-refractivity contribution in [2.24, 2.45) is 0 Å². The average Bonchev–Trinajstić information content (AvgIpc) is 2.23. The molecule has 1 amide bonds. The minimum atomic E-state index is -0.850. The number of fused-ring (bicyclic) bond motifs is 1. The number of ether oxygens (including phenoxy) is 1. The van der Waals surface area contributed by atoms with E-state index >= 15 is 0 Å². The molecule has 0 saturated heterocycles. The lowest BCUT2D eigenvalue weighted by Crippen LogP contribution is -2.47. The Morgan fingerprint density at radius 3 is 2.50 bits per heavy atom. The summed E-state index contributed by atoms with van der Waals surface area (Å²) < 4.78 is 4.85. The van der Waals surface area contributed by atoms with Crippen molar-refractivity contribution in [2.45, 2.75) is 6.23 Å². The largest absolute Gasteiger partial charge is 0.354 e. The van der Waals surface area contributed by atoms with Gasteiger partial charge in [0.25, 0.3) is 5.91 Å². The minimum absolute atomic E-state index is 0.206. The van der Waals surface area contributed by atoms with Crippen molar-refractivity contribution < 1.29 is 14.3 Å². The van der Waals surface area contributed by atoms with Gasteiger partial charge >= 0.3 is 0 Å². The van der Waals surface area contributed by atoms with Gasteiger partial charge in [-0.25, -0.2) is 0 Å². The van der Waals surface area contributed by atoms with E-state index in [-0.39, 0.29) is 11.7 Å². The summed E-state index contributed by atoms with van der Waals surface area (Å²) in [6.07, 6.45) is -0.850. The fraction of sp³-hybridized carbons (Fsp3) is 0.200. The Hall–Kier alpha value is -1.68. The number of methoxy groups -OCH3 is 1. The number of nitrogens with one attached hydrogen (secondary N) is 1. The van der Waals surface area contributed by atoms with Crippen LogP contribution in [0.1, 0.15) is 20.7 Å². The molecule has 14 heavy (non-hydrogen) atoms. The average molecular weight is 191 g/mol. The first-order chi connectivity index (χ1) is 6.74. The highest BCUT2D eigenvalue weighted by molar-refractivity contribution is 6.14. The van der Waals surface area contributed by atoms with E-state index in [9.17, 15) is 9.59 Å². The number of carbonyl (C=O) groups is 2. The summed E-state index contributed by atoms with van der Waals surface area (Å²) in [5.41, 5.74) is 0.828. The second-order valence-electron chi connectivity index (χ2n) is 3.00. The van der Waals surface area contributed by atoms with Gasteiger partial charge in [-0.15, -0.1) is 0 Å². The van der Waals surface area contributed by atoms with Crippen LogP contribution in [-0.2, 0) is 4.74 Å². The van der Waals surface area contributed by atoms with Crippen molar-refractivity contribution in [1.82, 2.24) is 5.32 Å². The number of Topliss-reactive ketones (excluding diaryl/α,β-unsaturated/α-hetero) is 1. The molecule has 4 heteroatoms. The molecular formula is C10H9NO3. The molecule has 72 valence electrons. The van der Waals surface area contributed by atoms with E-state index in [1.54, 1.807) is 24.3 Å². The molecule has 0 radical (unpaired) electrons. The Bertz CT molecular complexity index is 400. The van der Waals surface area contributed by atoms with Gasteiger partial charge in [0.1, 0.15) is 0 Å². The molecule has 1 aromatic rings. The predicted molar refractivity (Wildman–Crippen MR) is 49.0 cm³/mol. The summed E-state index contributed by atoms with van der Waals surface area (Å²) in [4.78, 5) is 23.1. The highest BCUT2D eigenvalue weighted by Gasteiger charge is 2.31. The van der Waals surface area contributed by atoms with Crippen molar-refractivity contribution >= 4 is 11.7 Å². The van der Waals surface area contributed by atoms with E-state index in [4.69, 9.17) is 4.74 Å². The molecule has 1 aliphatic rings. The van der Waals surface area contributed by atoms with Gasteiger partial charge in [0.15, 0.2) is 6.23 Å². The van der Waals surface area contributed by atoms with Crippen LogP contribution in [0.25, 0.3) is 0 Å². The normalized spacial score (nSPS) is 20.2. The van der Waals surface area contributed by atoms with Crippen LogP contribution >= 0.6 is 0 Å². The van der Waals surface area contributed by atoms with Crippen molar-refractivity contribution in [3.63, 3.8) is 0 Å². The molecule has 1 N–H and O–H groups in total. The number of rotatable bonds is 1. The van der Waals surface area contributed by atoms with Crippen LogP contribution in [0.15, 0.2) is 24.3 Å². The highest BCUT2D eigenvalue weighted by atomic mass is 16.5. The minimum Gasteiger partial charge on any atom is -0.354 e. The molecule has 2 rings (SSSR count). The van der Waals surface area contributed by atoms with E-state index in [2.05, 4.69) is 5.32 Å². The molecule has 0 saturated carbocycles. The number of hydrogen-bond donors (Lipinski definition) is 1. The van der Waals surface area contributed by atoms with Crippen LogP contribution in [-0.4, -0.2) is 25.0 Å². The van der Waals surface area contributed by atoms with Crippen molar-refractivity contribution in [3.05, 3.63) is 35.4 Å². The highest BCUT2D eigenvalue weighted by Crippen LogP contribution is 2.16. The summed E-state index contributed by atoms with van der Waals surface area (Å²) in [6.45, 7) is 0. The zero-order valence-electron chi connectivity index (χ0n) is 7.61. The maximum atomic E-state index is 11.7. The fourth-order valence-electron chi connectivity index (χ4n) is 1.47. The Morgan fingerprint density at radius 1 is 1.21 bits per heavy atom. The molecule has 1 atom stereocenters. The second-order valence-corrected chi connectivity index (χ2v) is 3.00. The SMILES string of the molecule is COC1NC(=O)c2ccccc2C1=O. The number of hydrogen-bond acceptors (Lipinski definition) is 3. The quantitative estimate of drug-likeness (QED) is 0.706. The monoisotopic (exact) mass is 191 g/mol. The van der Waals surface area contributed by atoms with E-state index in [0.717, 1.165) is 0 Å². The zero-order valence-corrected chi connectivity index (χ0v) is 7.61. The molecule has 1 heterocycles. The van der Waals surface area contributed by atoms with E-state index < -0.39 is 6.23 Å². The third-order valence-electron chi connectivity index (χ3n) is 2.17. The number of benzene rings is 1. The van der Waals surface area contributed by atoms with Gasteiger partial charge in [-0.3, -0.25) is 9.59 Å². The number of ketones is 1. The van der Waals surface area contributed by atoms with Crippen LogP contribution in [0.5, 0.6) is 0 Å². The fourth-order valence-corrected chi connectivity index (χ4v) is 1.47. The number of amides is 1. The first kappa shape index (κ1) is 8.90. The molecule has 1 aromatic carbocycles. The third-order valence-corrected chi connectivity index (χ3v) is 2.17. The van der Waals surface area contributed by atoms with Crippen LogP contribution in [0.2, 0.25) is 0 Å². The molecular weight excluding hydrogens is 182 g/mol. The van der Waals surface area contributed by atoms with Crippen molar-refractivity contribution in [1.29, 1.82) is 0 Å². The first-order valence-electron chi connectivity index (χ1n) is 4.21. The van der Waals surface area contributed by atoms with E-state index in [1.165, 1.54) is 7.11 Å². The molecule has 1 unspecified atom stereocenters. The summed E-state index contributed by atoms with van der Waals surface area (Å²) in [5, 5.41) is 2.46. The van der Waals surface area contributed by atoms with Crippen LogP contribution in [0.4, 0.5) is 0 Å². The lowest BCUT2D eigenvalue weighted by Gasteiger charge is -2.22. The van der Waals surface area contributed by atoms with Crippen LogP contribution < -0.4 is 5.32 Å². The molecule has 0 spiro atoms. The summed E-state index contributed by atoms with van der Waals surface area (Å²) in [5.74, 6) is -0.477. The summed E-state index contributed by atoms with van der Waals surface area (Å²) >= 11 is 0. The standard InChI is InChI=1S/C10H9NO3/c1-14-10-8(12)6-4-2-3-5-7(6)9(13)11-10/h2-5,10H,1H3,(H,11,13). The topological polar surface area (TPSA) is 55.4 Å². The number of carbonyl (C=O) groups excluding carboxylic acids is 2. The molecule has 0 fully saturated rings. The Labute approximate surface area is 80.9 Å². The van der Waals surface area contributed by atoms with Gasteiger partial charge in [-0.05, 0) is 6.07 Å². The third kappa shape index (κ3) is 1.20. The smallest absolute Gasteiger partial charge is 0.254 e. The van der Waals surface area contributed by atoms with E-state index in [0.29, 0.717) is 11.1 Å². The summed E-state index contributed by atoms with van der Waals surface area (Å²) in [6, 6.07) is 6.69. The van der Waals surface area contributed by atoms with Gasteiger partial charge in [-0.1, -0.05) is 18.2 Å². The van der Waals surface area contributed by atoms with E-state index in [1.807, 2.05) is 0 Å². The molecule has 0 aliphatic carbocycles. The maximum Gasteiger partial charge on any atom is 0.254 e. The second kappa shape index (κ2) is 3.23. The molecule has 0 bridgehead atoms. The van der Waals surface area contributed by atoms with Gasteiger partial charge in [0.2, 0.25) is 5.78 Å². The van der Waals surface area contributed by atoms with Gasteiger partial charge in [-0.2, -0.15) is 0 Å². The molecule has 1 aliphatic heterocycles.